The summed E-state index contributed by atoms with van der Waals surface area (Å²) < 4.78 is 1.73. The minimum atomic E-state index is -1.12. The standard InChI is InChI=1S/C18H19N3O2/c1-12-9-14-16(19-11-12)21(18(2,3)17(22)23)15(20-14)10-13-7-5-4-6-8-13/h4-9,11H,10H2,1-3H3,(H,22,23). The van der Waals surface area contributed by atoms with Crippen molar-refractivity contribution in [3.05, 3.63) is 59.5 Å². The van der Waals surface area contributed by atoms with Gasteiger partial charge in [0.1, 0.15) is 16.9 Å². The van der Waals surface area contributed by atoms with Gasteiger partial charge in [-0.25, -0.2) is 14.8 Å². The lowest BCUT2D eigenvalue weighted by Crippen LogP contribution is -2.37. The molecule has 0 radical (unpaired) electrons. The zero-order chi connectivity index (χ0) is 16.6. The smallest absolute Gasteiger partial charge is 0.329 e. The second-order valence-corrected chi connectivity index (χ2v) is 6.25. The van der Waals surface area contributed by atoms with Crippen LogP contribution in [0.25, 0.3) is 11.2 Å². The van der Waals surface area contributed by atoms with Crippen LogP contribution in [-0.2, 0) is 16.8 Å². The highest BCUT2D eigenvalue weighted by Crippen LogP contribution is 2.26. The summed E-state index contributed by atoms with van der Waals surface area (Å²) in [5.74, 6) is -0.204. The number of aromatic nitrogens is 3. The molecule has 0 aliphatic carbocycles. The van der Waals surface area contributed by atoms with Crippen LogP contribution in [0, 0.1) is 6.92 Å². The van der Waals surface area contributed by atoms with Gasteiger partial charge in [-0.3, -0.25) is 4.57 Å². The molecule has 0 saturated heterocycles. The lowest BCUT2D eigenvalue weighted by Gasteiger charge is -2.24. The molecule has 118 valence electrons. The quantitative estimate of drug-likeness (QED) is 0.804. The third kappa shape index (κ3) is 2.70. The summed E-state index contributed by atoms with van der Waals surface area (Å²) in [5, 5.41) is 9.64. The molecule has 0 fully saturated rings. The molecule has 23 heavy (non-hydrogen) atoms. The van der Waals surface area contributed by atoms with Gasteiger partial charge in [0.25, 0.3) is 0 Å². The largest absolute Gasteiger partial charge is 0.480 e. The molecule has 1 N–H and O–H groups in total. The zero-order valence-electron chi connectivity index (χ0n) is 13.4. The molecule has 3 rings (SSSR count). The van der Waals surface area contributed by atoms with Crippen LogP contribution in [-0.4, -0.2) is 25.6 Å². The summed E-state index contributed by atoms with van der Waals surface area (Å²) in [4.78, 5) is 20.8. The molecule has 0 aliphatic heterocycles. The van der Waals surface area contributed by atoms with Crippen LogP contribution >= 0.6 is 0 Å². The average Bonchev–Trinajstić information content (AvgIpc) is 2.85. The van der Waals surface area contributed by atoms with Crippen molar-refractivity contribution in [1.82, 2.24) is 14.5 Å². The summed E-state index contributed by atoms with van der Waals surface area (Å²) in [6, 6.07) is 11.8. The highest BCUT2D eigenvalue weighted by molar-refractivity contribution is 5.80. The lowest BCUT2D eigenvalue weighted by molar-refractivity contribution is -0.145. The number of aliphatic carboxylic acids is 1. The van der Waals surface area contributed by atoms with Gasteiger partial charge >= 0.3 is 5.97 Å². The van der Waals surface area contributed by atoms with E-state index in [1.807, 2.05) is 43.3 Å². The zero-order valence-corrected chi connectivity index (χ0v) is 13.4. The lowest BCUT2D eigenvalue weighted by atomic mass is 10.0. The van der Waals surface area contributed by atoms with E-state index in [0.29, 0.717) is 17.9 Å². The Balaban J connectivity index is 2.21. The Kier molecular flexibility index (Phi) is 3.64. The van der Waals surface area contributed by atoms with Gasteiger partial charge in [0.2, 0.25) is 0 Å². The third-order valence-electron chi connectivity index (χ3n) is 3.99. The maximum absolute atomic E-state index is 11.8. The second-order valence-electron chi connectivity index (χ2n) is 6.25. The number of carbonyl (C=O) groups is 1. The third-order valence-corrected chi connectivity index (χ3v) is 3.99. The van der Waals surface area contributed by atoms with Crippen LogP contribution in [0.1, 0.15) is 30.8 Å². The molecule has 3 aromatic rings. The summed E-state index contributed by atoms with van der Waals surface area (Å²) in [5.41, 5.74) is 2.30. The fourth-order valence-electron chi connectivity index (χ4n) is 2.69. The van der Waals surface area contributed by atoms with Crippen LogP contribution in [0.3, 0.4) is 0 Å². The first-order chi connectivity index (χ1) is 10.9. The molecule has 0 atom stereocenters. The number of carboxylic acid groups (broad SMARTS) is 1. The van der Waals surface area contributed by atoms with Gasteiger partial charge in [0, 0.05) is 12.6 Å². The molecule has 0 bridgehead atoms. The van der Waals surface area contributed by atoms with Crippen LogP contribution < -0.4 is 0 Å². The molecule has 0 aliphatic rings. The Morgan fingerprint density at radius 3 is 2.61 bits per heavy atom. The highest BCUT2D eigenvalue weighted by Gasteiger charge is 2.34. The number of rotatable bonds is 4. The van der Waals surface area contributed by atoms with E-state index in [9.17, 15) is 9.90 Å². The maximum Gasteiger partial charge on any atom is 0.329 e. The maximum atomic E-state index is 11.8. The number of hydrogen-bond acceptors (Lipinski definition) is 3. The number of carboxylic acids is 1. The molecule has 5 nitrogen and oxygen atoms in total. The van der Waals surface area contributed by atoms with Crippen LogP contribution in [0.2, 0.25) is 0 Å². The first-order valence-corrected chi connectivity index (χ1v) is 7.51. The number of imidazole rings is 1. The molecule has 5 heteroatoms. The fraction of sp³-hybridized carbons (Fsp3) is 0.278. The molecule has 0 saturated carbocycles. The van der Waals surface area contributed by atoms with E-state index in [-0.39, 0.29) is 0 Å². The Hall–Kier alpha value is -2.69. The van der Waals surface area contributed by atoms with E-state index < -0.39 is 11.5 Å². The predicted octanol–water partition coefficient (Wildman–Crippen LogP) is 3.15. The van der Waals surface area contributed by atoms with Gasteiger partial charge in [-0.1, -0.05) is 30.3 Å². The van der Waals surface area contributed by atoms with Gasteiger partial charge in [0.05, 0.1) is 0 Å². The van der Waals surface area contributed by atoms with Gasteiger partial charge in [0.15, 0.2) is 5.65 Å². The second kappa shape index (κ2) is 5.50. The van der Waals surface area contributed by atoms with Crippen LogP contribution in [0.4, 0.5) is 0 Å². The summed E-state index contributed by atoms with van der Waals surface area (Å²) in [7, 11) is 0. The monoisotopic (exact) mass is 309 g/mol. The first-order valence-electron chi connectivity index (χ1n) is 7.51. The normalized spacial score (nSPS) is 11.8. The first kappa shape index (κ1) is 15.2. The predicted molar refractivity (Wildman–Crippen MR) is 88.5 cm³/mol. The van der Waals surface area contributed by atoms with Crippen molar-refractivity contribution in [3.8, 4) is 0 Å². The summed E-state index contributed by atoms with van der Waals surface area (Å²) >= 11 is 0. The van der Waals surface area contributed by atoms with Gasteiger partial charge in [-0.05, 0) is 38.0 Å². The van der Waals surface area contributed by atoms with E-state index in [2.05, 4.69) is 9.97 Å². The van der Waals surface area contributed by atoms with Crippen molar-refractivity contribution in [1.29, 1.82) is 0 Å². The highest BCUT2D eigenvalue weighted by atomic mass is 16.4. The van der Waals surface area contributed by atoms with Gasteiger partial charge in [-0.15, -0.1) is 0 Å². The van der Waals surface area contributed by atoms with Crippen molar-refractivity contribution < 1.29 is 9.90 Å². The Bertz CT molecular complexity index is 867. The number of pyridine rings is 1. The molecular weight excluding hydrogens is 290 g/mol. The van der Waals surface area contributed by atoms with Crippen molar-refractivity contribution in [2.75, 3.05) is 0 Å². The van der Waals surface area contributed by atoms with Crippen molar-refractivity contribution in [2.45, 2.75) is 32.7 Å². The molecule has 1 aromatic carbocycles. The number of nitrogens with zero attached hydrogens (tertiary/aromatic N) is 3. The number of hydrogen-bond donors (Lipinski definition) is 1. The SMILES string of the molecule is Cc1cnc2c(c1)nc(Cc1ccccc1)n2C(C)(C)C(=O)O. The molecule has 2 heterocycles. The van der Waals surface area contributed by atoms with Crippen LogP contribution in [0.15, 0.2) is 42.6 Å². The molecule has 0 spiro atoms. The Morgan fingerprint density at radius 1 is 1.26 bits per heavy atom. The van der Waals surface area contributed by atoms with E-state index >= 15 is 0 Å². The van der Waals surface area contributed by atoms with E-state index in [4.69, 9.17) is 0 Å². The van der Waals surface area contributed by atoms with Gasteiger partial charge < -0.3 is 5.11 Å². The van der Waals surface area contributed by atoms with E-state index in [0.717, 1.165) is 16.6 Å². The summed E-state index contributed by atoms with van der Waals surface area (Å²) in [6.45, 7) is 5.30. The van der Waals surface area contributed by atoms with Gasteiger partial charge in [-0.2, -0.15) is 0 Å². The molecular formula is C18H19N3O2. The summed E-state index contributed by atoms with van der Waals surface area (Å²) in [6.07, 6.45) is 2.30. The Labute approximate surface area is 134 Å². The Morgan fingerprint density at radius 2 is 1.96 bits per heavy atom. The average molecular weight is 309 g/mol. The van der Waals surface area contributed by atoms with Crippen molar-refractivity contribution in [3.63, 3.8) is 0 Å². The number of aryl methyl sites for hydroxylation is 1. The van der Waals surface area contributed by atoms with E-state index in [1.54, 1.807) is 24.6 Å². The topological polar surface area (TPSA) is 68.0 Å². The molecule has 0 amide bonds. The fourth-order valence-corrected chi connectivity index (χ4v) is 2.69. The van der Waals surface area contributed by atoms with Crippen LogP contribution in [0.5, 0.6) is 0 Å². The minimum Gasteiger partial charge on any atom is -0.480 e. The van der Waals surface area contributed by atoms with E-state index in [1.165, 1.54) is 0 Å². The number of benzene rings is 1. The van der Waals surface area contributed by atoms with Crippen molar-refractivity contribution >= 4 is 17.1 Å². The number of fused-ring (bicyclic) bond motifs is 1. The molecule has 2 aromatic heterocycles. The molecule has 0 unspecified atom stereocenters. The van der Waals surface area contributed by atoms with Crippen molar-refractivity contribution in [2.24, 2.45) is 0 Å². The minimum absolute atomic E-state index is 0.562.